The highest BCUT2D eigenvalue weighted by Gasteiger charge is 2.44. The molecule has 1 fully saturated rings. The van der Waals surface area contributed by atoms with Crippen LogP contribution in [0.5, 0.6) is 5.75 Å². The normalized spacial score (nSPS) is 18.1. The number of rotatable bonds is 9. The zero-order valence-electron chi connectivity index (χ0n) is 19.3. The van der Waals surface area contributed by atoms with Crippen LogP contribution in [0.25, 0.3) is 5.76 Å². The maximum atomic E-state index is 13.3. The molecule has 0 aliphatic carbocycles. The second kappa shape index (κ2) is 10.5. The molecular formula is C26H32N2O4. The van der Waals surface area contributed by atoms with Gasteiger partial charge < -0.3 is 19.6 Å². The monoisotopic (exact) mass is 436 g/mol. The Hall–Kier alpha value is -3.12. The first-order chi connectivity index (χ1) is 15.4. The lowest BCUT2D eigenvalue weighted by Gasteiger charge is -2.28. The van der Waals surface area contributed by atoms with E-state index in [9.17, 15) is 14.7 Å². The fourth-order valence-corrected chi connectivity index (χ4v) is 4.08. The van der Waals surface area contributed by atoms with Crippen LogP contribution in [-0.2, 0) is 9.59 Å². The van der Waals surface area contributed by atoms with Crippen molar-refractivity contribution < 1.29 is 24.3 Å². The molecule has 1 aliphatic rings. The summed E-state index contributed by atoms with van der Waals surface area (Å²) < 4.78 is 5.73. The predicted molar refractivity (Wildman–Crippen MR) is 122 cm³/mol. The molecule has 6 heteroatoms. The number of benzene rings is 2. The van der Waals surface area contributed by atoms with E-state index in [1.165, 1.54) is 4.90 Å². The Bertz CT molecular complexity index is 963. The van der Waals surface area contributed by atoms with Crippen LogP contribution in [0.15, 0.2) is 60.2 Å². The highest BCUT2D eigenvalue weighted by Crippen LogP contribution is 2.38. The molecule has 2 aromatic rings. The smallest absolute Gasteiger partial charge is 0.295 e. The number of amides is 1. The van der Waals surface area contributed by atoms with E-state index < -0.39 is 23.5 Å². The minimum atomic E-state index is -0.707. The number of Topliss-reactive ketones (excluding diaryl/α,β-unsaturated/α-hetero) is 1. The summed E-state index contributed by atoms with van der Waals surface area (Å²) in [7, 11) is 0. The van der Waals surface area contributed by atoms with Crippen LogP contribution in [0.1, 0.15) is 44.9 Å². The maximum Gasteiger partial charge on any atom is 0.295 e. The van der Waals surface area contributed by atoms with E-state index in [1.807, 2.05) is 44.2 Å². The number of ether oxygens (including phenoxy) is 1. The molecule has 6 nitrogen and oxygen atoms in total. The summed E-state index contributed by atoms with van der Waals surface area (Å²) in [5.74, 6) is -1.01. The molecule has 1 aliphatic heterocycles. The van der Waals surface area contributed by atoms with Crippen molar-refractivity contribution >= 4 is 17.4 Å². The number of likely N-dealkylation sites (N-methyl/N-ethyl adjacent to an activating group) is 1. The van der Waals surface area contributed by atoms with Crippen molar-refractivity contribution in [2.24, 2.45) is 0 Å². The zero-order chi connectivity index (χ0) is 23.3. The molecule has 1 heterocycles. The molecule has 3 rings (SSSR count). The number of carbonyl (C=O) groups is 2. The molecule has 0 aromatic heterocycles. The van der Waals surface area contributed by atoms with Crippen molar-refractivity contribution in [3.05, 3.63) is 71.3 Å². The summed E-state index contributed by atoms with van der Waals surface area (Å²) in [4.78, 5) is 28.9. The molecule has 1 unspecified atom stereocenters. The molecule has 2 aromatic carbocycles. The van der Waals surface area contributed by atoms with Gasteiger partial charge in [-0.05, 0) is 51.0 Å². The third-order valence-electron chi connectivity index (χ3n) is 5.84. The minimum absolute atomic E-state index is 0.0216. The second-order valence-corrected chi connectivity index (χ2v) is 8.28. The molecule has 0 saturated carbocycles. The van der Waals surface area contributed by atoms with Gasteiger partial charge in [0.2, 0.25) is 5.78 Å². The topological polar surface area (TPSA) is 74.1 Å². The van der Waals surface area contributed by atoms with Crippen molar-refractivity contribution in [3.8, 4) is 5.75 Å². The van der Waals surface area contributed by atoms with Gasteiger partial charge in [0.25, 0.3) is 5.91 Å². The molecule has 1 saturated heterocycles. The van der Waals surface area contributed by atoms with Crippen LogP contribution in [0.4, 0.5) is 0 Å². The van der Waals surface area contributed by atoms with Crippen molar-refractivity contribution in [2.45, 2.75) is 39.8 Å². The number of carbonyl (C=O) groups excluding carboxylic acids is 2. The first-order valence-corrected chi connectivity index (χ1v) is 11.3. The molecule has 1 amide bonds. The fraction of sp³-hybridized carbons (Fsp3) is 0.385. The van der Waals surface area contributed by atoms with Gasteiger partial charge in [0.15, 0.2) is 0 Å². The van der Waals surface area contributed by atoms with Crippen molar-refractivity contribution in [1.29, 1.82) is 0 Å². The summed E-state index contributed by atoms with van der Waals surface area (Å²) >= 11 is 0. The number of nitrogens with one attached hydrogen (secondary N) is 1. The molecule has 1 N–H and O–H groups in total. The van der Waals surface area contributed by atoms with Gasteiger partial charge in [-0.1, -0.05) is 48.2 Å². The summed E-state index contributed by atoms with van der Waals surface area (Å²) in [6.07, 6.45) is 0.0332. The zero-order valence-corrected chi connectivity index (χ0v) is 19.3. The number of hydrogen-bond donors (Lipinski definition) is 1. The molecular weight excluding hydrogens is 404 g/mol. The third-order valence-corrected chi connectivity index (χ3v) is 5.84. The SMILES string of the molecule is CC[NH+](CC)CCN1C(=O)C(=O)C(=C([O-])c2ccccc2)C1c1ccc(OC(C)C)cc1. The average molecular weight is 437 g/mol. The standard InChI is InChI=1S/C26H32N2O4/c1-5-27(6-2)16-17-28-23(19-12-14-21(15-13-19)32-18(3)4)22(25(30)26(28)31)24(29)20-10-8-7-9-11-20/h7-15,18,23,29H,5-6,16-17H2,1-4H3. The van der Waals surface area contributed by atoms with Gasteiger partial charge in [-0.15, -0.1) is 0 Å². The highest BCUT2D eigenvalue weighted by molar-refractivity contribution is 6.46. The van der Waals surface area contributed by atoms with Gasteiger partial charge in [-0.25, -0.2) is 0 Å². The quantitative estimate of drug-likeness (QED) is 0.368. The Labute approximate surface area is 190 Å². The molecule has 0 spiro atoms. The van der Waals surface area contributed by atoms with Crippen LogP contribution in [0, 0.1) is 0 Å². The lowest BCUT2D eigenvalue weighted by molar-refractivity contribution is -0.895. The Morgan fingerprint density at radius 1 is 1.03 bits per heavy atom. The van der Waals surface area contributed by atoms with Gasteiger partial charge in [-0.3, -0.25) is 9.59 Å². The maximum absolute atomic E-state index is 13.3. The molecule has 170 valence electrons. The van der Waals surface area contributed by atoms with Crippen LogP contribution >= 0.6 is 0 Å². The summed E-state index contributed by atoms with van der Waals surface area (Å²) in [6, 6.07) is 15.3. The van der Waals surface area contributed by atoms with Crippen LogP contribution in [-0.4, -0.2) is 48.9 Å². The molecule has 1 atom stereocenters. The van der Waals surface area contributed by atoms with E-state index in [0.717, 1.165) is 18.7 Å². The summed E-state index contributed by atoms with van der Waals surface area (Å²) in [5, 5.41) is 13.3. The molecule has 0 bridgehead atoms. The van der Waals surface area contributed by atoms with E-state index in [4.69, 9.17) is 4.74 Å². The minimum Gasteiger partial charge on any atom is -0.872 e. The number of quaternary nitrogens is 1. The Balaban J connectivity index is 2.05. The van der Waals surface area contributed by atoms with Crippen molar-refractivity contribution in [1.82, 2.24) is 4.90 Å². The van der Waals surface area contributed by atoms with E-state index in [0.29, 0.717) is 24.4 Å². The Morgan fingerprint density at radius 3 is 2.22 bits per heavy atom. The fourth-order valence-electron chi connectivity index (χ4n) is 4.08. The number of likely N-dealkylation sites (tertiary alicyclic amines) is 1. The largest absolute Gasteiger partial charge is 0.872 e. The van der Waals surface area contributed by atoms with Gasteiger partial charge in [0.05, 0.1) is 38.3 Å². The van der Waals surface area contributed by atoms with E-state index >= 15 is 0 Å². The Morgan fingerprint density at radius 2 is 1.66 bits per heavy atom. The molecule has 0 radical (unpaired) electrons. The van der Waals surface area contributed by atoms with Gasteiger partial charge in [0, 0.05) is 5.57 Å². The van der Waals surface area contributed by atoms with E-state index in [1.54, 1.807) is 29.2 Å². The first kappa shape index (κ1) is 23.5. The van der Waals surface area contributed by atoms with Gasteiger partial charge in [0.1, 0.15) is 5.75 Å². The Kier molecular flexibility index (Phi) is 7.70. The van der Waals surface area contributed by atoms with E-state index in [-0.39, 0.29) is 11.7 Å². The number of nitrogens with zero attached hydrogens (tertiary/aromatic N) is 1. The van der Waals surface area contributed by atoms with Crippen molar-refractivity contribution in [2.75, 3.05) is 26.2 Å². The molecule has 32 heavy (non-hydrogen) atoms. The second-order valence-electron chi connectivity index (χ2n) is 8.28. The first-order valence-electron chi connectivity index (χ1n) is 11.3. The summed E-state index contributed by atoms with van der Waals surface area (Å²) in [6.45, 7) is 11.1. The number of hydrogen-bond acceptors (Lipinski definition) is 4. The van der Waals surface area contributed by atoms with Crippen LogP contribution in [0.2, 0.25) is 0 Å². The number of ketones is 1. The highest BCUT2D eigenvalue weighted by atomic mass is 16.5. The lowest BCUT2D eigenvalue weighted by atomic mass is 9.95. The van der Waals surface area contributed by atoms with Crippen LogP contribution < -0.4 is 14.7 Å². The van der Waals surface area contributed by atoms with Gasteiger partial charge >= 0.3 is 0 Å². The summed E-state index contributed by atoms with van der Waals surface area (Å²) in [5.41, 5.74) is 1.16. The van der Waals surface area contributed by atoms with Crippen molar-refractivity contribution in [3.63, 3.8) is 0 Å². The van der Waals surface area contributed by atoms with Crippen LogP contribution in [0.3, 0.4) is 0 Å². The third kappa shape index (κ3) is 5.02. The average Bonchev–Trinajstić information content (AvgIpc) is 3.05. The predicted octanol–water partition coefficient (Wildman–Crippen LogP) is 1.62. The van der Waals surface area contributed by atoms with Gasteiger partial charge in [-0.2, -0.15) is 0 Å². The van der Waals surface area contributed by atoms with E-state index in [2.05, 4.69) is 13.8 Å². The lowest BCUT2D eigenvalue weighted by Crippen LogP contribution is -3.12.